The van der Waals surface area contributed by atoms with Gasteiger partial charge in [-0.15, -0.1) is 0 Å². The number of halogens is 4. The second-order valence-corrected chi connectivity index (χ2v) is 7.18. The summed E-state index contributed by atoms with van der Waals surface area (Å²) in [6.07, 6.45) is -4.53. The Kier molecular flexibility index (Phi) is 5.95. The maximum absolute atomic E-state index is 12.7. The Labute approximate surface area is 151 Å². The van der Waals surface area contributed by atoms with Crippen LogP contribution in [0.15, 0.2) is 30.3 Å². The maximum atomic E-state index is 12.7. The first-order valence-electron chi connectivity index (χ1n) is 7.05. The van der Waals surface area contributed by atoms with E-state index in [4.69, 9.17) is 16.1 Å². The van der Waals surface area contributed by atoms with E-state index in [2.05, 4.69) is 5.32 Å². The van der Waals surface area contributed by atoms with Crippen LogP contribution in [0.5, 0.6) is 0 Å². The van der Waals surface area contributed by atoms with E-state index < -0.39 is 24.7 Å². The zero-order valence-electron chi connectivity index (χ0n) is 13.5. The number of hydrogen-bond donors (Lipinski definition) is 1. The number of anilines is 2. The second-order valence-electron chi connectivity index (χ2n) is 5.25. The molecule has 0 heterocycles. The topological polar surface area (TPSA) is 81.5 Å². The number of hydrogen-bond acceptors (Lipinski definition) is 5. The highest BCUT2D eigenvalue weighted by Crippen LogP contribution is 2.36. The molecule has 0 amide bonds. The molecule has 0 spiro atoms. The molecule has 6 nitrogen and oxygen atoms in total. The van der Waals surface area contributed by atoms with Crippen LogP contribution in [0.4, 0.5) is 30.2 Å². The Hall–Kier alpha value is -2.09. The fourth-order valence-electron chi connectivity index (χ4n) is 2.19. The minimum Gasteiger partial charge on any atom is -0.354 e. The lowest BCUT2D eigenvalue weighted by Crippen LogP contribution is -2.09. The van der Waals surface area contributed by atoms with Crippen molar-refractivity contribution >= 4 is 42.0 Å². The van der Waals surface area contributed by atoms with Gasteiger partial charge in [0.05, 0.1) is 21.2 Å². The number of nitro groups is 1. The molecule has 11 heteroatoms. The number of nitrogens with zero attached hydrogens (tertiary/aromatic N) is 1. The summed E-state index contributed by atoms with van der Waals surface area (Å²) < 4.78 is 54.8. The smallest absolute Gasteiger partial charge is 0.354 e. The molecule has 26 heavy (non-hydrogen) atoms. The van der Waals surface area contributed by atoms with Crippen molar-refractivity contribution in [2.75, 3.05) is 12.4 Å². The van der Waals surface area contributed by atoms with Gasteiger partial charge in [0.1, 0.15) is 5.30 Å². The summed E-state index contributed by atoms with van der Waals surface area (Å²) in [6.45, 7) is 1.56. The van der Waals surface area contributed by atoms with E-state index in [0.717, 1.165) is 25.3 Å². The SMILES string of the molecule is CO[PH](=O)c1cc(Nc2ccc(C(F)(F)F)cc2Cl)c(C)cc1[N+](=O)[O-]. The number of rotatable bonds is 5. The molecule has 0 saturated heterocycles. The number of nitro benzene ring substituents is 1. The number of alkyl halides is 3. The largest absolute Gasteiger partial charge is 0.416 e. The number of nitrogens with one attached hydrogen (secondary N) is 1. The van der Waals surface area contributed by atoms with Gasteiger partial charge in [-0.2, -0.15) is 13.2 Å². The van der Waals surface area contributed by atoms with Crippen LogP contribution in [0, 0.1) is 17.0 Å². The Morgan fingerprint density at radius 1 is 1.23 bits per heavy atom. The van der Waals surface area contributed by atoms with Crippen molar-refractivity contribution in [1.29, 1.82) is 0 Å². The van der Waals surface area contributed by atoms with E-state index in [0.29, 0.717) is 11.3 Å². The van der Waals surface area contributed by atoms with Gasteiger partial charge in [-0.3, -0.25) is 14.7 Å². The molecular weight excluding hydrogens is 396 g/mol. The van der Waals surface area contributed by atoms with Gasteiger partial charge in [-0.05, 0) is 36.8 Å². The van der Waals surface area contributed by atoms with Crippen molar-refractivity contribution in [3.63, 3.8) is 0 Å². The van der Waals surface area contributed by atoms with Crippen molar-refractivity contribution in [1.82, 2.24) is 0 Å². The van der Waals surface area contributed by atoms with Gasteiger partial charge in [0, 0.05) is 18.9 Å². The van der Waals surface area contributed by atoms with Gasteiger partial charge in [0.25, 0.3) is 5.69 Å². The average molecular weight is 409 g/mol. The van der Waals surface area contributed by atoms with Gasteiger partial charge in [-0.1, -0.05) is 11.6 Å². The summed E-state index contributed by atoms with van der Waals surface area (Å²) in [5.41, 5.74) is -0.375. The molecule has 0 aliphatic rings. The van der Waals surface area contributed by atoms with Crippen molar-refractivity contribution < 1.29 is 27.2 Å². The third-order valence-corrected chi connectivity index (χ3v) is 5.03. The van der Waals surface area contributed by atoms with Crippen molar-refractivity contribution in [3.8, 4) is 0 Å². The molecule has 2 aromatic rings. The average Bonchev–Trinajstić information content (AvgIpc) is 2.56. The fraction of sp³-hybridized carbons (Fsp3) is 0.200. The Bertz CT molecular complexity index is 890. The number of aryl methyl sites for hydroxylation is 1. The summed E-state index contributed by atoms with van der Waals surface area (Å²) in [5.74, 6) is 0. The minimum absolute atomic E-state index is 0.112. The van der Waals surface area contributed by atoms with Crippen LogP contribution in [0.2, 0.25) is 5.02 Å². The van der Waals surface area contributed by atoms with Gasteiger partial charge in [-0.25, -0.2) is 0 Å². The third-order valence-electron chi connectivity index (χ3n) is 3.51. The van der Waals surface area contributed by atoms with Crippen LogP contribution in [0.3, 0.4) is 0 Å². The van der Waals surface area contributed by atoms with Crippen LogP contribution in [0.1, 0.15) is 11.1 Å². The Morgan fingerprint density at radius 3 is 2.38 bits per heavy atom. The van der Waals surface area contributed by atoms with Gasteiger partial charge in [0.2, 0.25) is 8.03 Å². The zero-order chi connectivity index (χ0) is 19.6. The molecule has 140 valence electrons. The van der Waals surface area contributed by atoms with Crippen LogP contribution < -0.4 is 10.6 Å². The molecule has 0 saturated carbocycles. The first-order chi connectivity index (χ1) is 12.0. The van der Waals surface area contributed by atoms with E-state index in [1.165, 1.54) is 12.1 Å². The predicted octanol–water partition coefficient (Wildman–Crippen LogP) is 5.07. The zero-order valence-corrected chi connectivity index (χ0v) is 15.2. The molecule has 0 radical (unpaired) electrons. The molecule has 2 rings (SSSR count). The predicted molar refractivity (Wildman–Crippen MR) is 93.2 cm³/mol. The van der Waals surface area contributed by atoms with E-state index in [1.807, 2.05) is 0 Å². The number of benzene rings is 2. The fourth-order valence-corrected chi connectivity index (χ4v) is 3.27. The standard InChI is InChI=1S/C15H13ClF3N2O4P/c1-8-5-13(21(22)23)14(26(24)25-2)7-12(8)20-11-4-3-9(6-10(11)16)15(17,18)19/h3-7,20,26H,1-2H3. The van der Waals surface area contributed by atoms with Crippen molar-refractivity contribution in [3.05, 3.63) is 56.6 Å². The van der Waals surface area contributed by atoms with E-state index >= 15 is 0 Å². The van der Waals surface area contributed by atoms with Gasteiger partial charge < -0.3 is 9.84 Å². The maximum Gasteiger partial charge on any atom is 0.416 e. The highest BCUT2D eigenvalue weighted by molar-refractivity contribution is 7.48. The summed E-state index contributed by atoms with van der Waals surface area (Å²) in [7, 11) is -1.70. The molecule has 0 fully saturated rings. The molecule has 2 aromatic carbocycles. The molecule has 1 atom stereocenters. The first-order valence-corrected chi connectivity index (χ1v) is 8.75. The minimum atomic E-state index is -4.53. The summed E-state index contributed by atoms with van der Waals surface area (Å²) >= 11 is 5.90. The quantitative estimate of drug-likeness (QED) is 0.424. The molecule has 1 N–H and O–H groups in total. The van der Waals surface area contributed by atoms with Crippen LogP contribution >= 0.6 is 19.6 Å². The summed E-state index contributed by atoms with van der Waals surface area (Å²) in [6, 6.07) is 5.24. The molecule has 1 unspecified atom stereocenters. The molecule has 0 aromatic heterocycles. The molecule has 0 bridgehead atoms. The van der Waals surface area contributed by atoms with Crippen LogP contribution in [-0.2, 0) is 15.3 Å². The van der Waals surface area contributed by atoms with Crippen molar-refractivity contribution in [2.24, 2.45) is 0 Å². The van der Waals surface area contributed by atoms with E-state index in [9.17, 15) is 27.9 Å². The second kappa shape index (κ2) is 7.65. The normalized spacial score (nSPS) is 12.7. The van der Waals surface area contributed by atoms with Crippen LogP contribution in [0.25, 0.3) is 0 Å². The highest BCUT2D eigenvalue weighted by Gasteiger charge is 2.31. The van der Waals surface area contributed by atoms with E-state index in [1.54, 1.807) is 6.92 Å². The Balaban J connectivity index is 2.47. The first kappa shape index (κ1) is 20.2. The third kappa shape index (κ3) is 4.35. The van der Waals surface area contributed by atoms with Crippen molar-refractivity contribution in [2.45, 2.75) is 13.1 Å². The molecule has 0 aliphatic heterocycles. The van der Waals surface area contributed by atoms with Crippen LogP contribution in [-0.4, -0.2) is 12.0 Å². The monoisotopic (exact) mass is 408 g/mol. The lowest BCUT2D eigenvalue weighted by molar-refractivity contribution is -0.383. The molecule has 0 aliphatic carbocycles. The highest BCUT2D eigenvalue weighted by atomic mass is 35.5. The lowest BCUT2D eigenvalue weighted by Gasteiger charge is -2.14. The van der Waals surface area contributed by atoms with Gasteiger partial charge in [0.15, 0.2) is 0 Å². The summed E-state index contributed by atoms with van der Waals surface area (Å²) in [5, 5.41) is 13.6. The van der Waals surface area contributed by atoms with E-state index in [-0.39, 0.29) is 21.7 Å². The molecular formula is C15H13ClF3N2O4P. The van der Waals surface area contributed by atoms with Gasteiger partial charge >= 0.3 is 6.18 Å². The lowest BCUT2D eigenvalue weighted by atomic mass is 10.1. The Morgan fingerprint density at radius 2 is 1.88 bits per heavy atom. The summed E-state index contributed by atoms with van der Waals surface area (Å²) in [4.78, 5) is 10.4.